The summed E-state index contributed by atoms with van der Waals surface area (Å²) in [5.74, 6) is 1.13. The average Bonchev–Trinajstić information content (AvgIpc) is 2.73. The number of hydrogen-bond donors (Lipinski definition) is 3. The lowest BCUT2D eigenvalue weighted by molar-refractivity contribution is 0.678. The van der Waals surface area contributed by atoms with Crippen LogP contribution in [0.25, 0.3) is 0 Å². The molecule has 0 bridgehead atoms. The highest BCUT2D eigenvalue weighted by molar-refractivity contribution is 7.98. The summed E-state index contributed by atoms with van der Waals surface area (Å²) >= 11 is 7.65. The highest BCUT2D eigenvalue weighted by atomic mass is 35.5. The summed E-state index contributed by atoms with van der Waals surface area (Å²) in [5, 5.41) is 15.7. The van der Waals surface area contributed by atoms with Crippen molar-refractivity contribution < 1.29 is 4.21 Å². The molecule has 148 valence electrons. The van der Waals surface area contributed by atoms with Gasteiger partial charge in [-0.25, -0.2) is 18.9 Å². The van der Waals surface area contributed by atoms with Gasteiger partial charge in [-0.15, -0.1) is 11.8 Å². The molecule has 10 heteroatoms. The first kappa shape index (κ1) is 21.1. The average molecular weight is 445 g/mol. The largest absolute Gasteiger partial charge is 0.340 e. The van der Waals surface area contributed by atoms with Crippen molar-refractivity contribution in [1.29, 1.82) is 5.26 Å². The first-order valence-electron chi connectivity index (χ1n) is 8.37. The summed E-state index contributed by atoms with van der Waals surface area (Å²) in [6.45, 7) is 0. The summed E-state index contributed by atoms with van der Waals surface area (Å²) in [6.07, 6.45) is 3.40. The maximum atomic E-state index is 12.0. The van der Waals surface area contributed by atoms with Crippen LogP contribution in [-0.4, -0.2) is 27.5 Å². The van der Waals surface area contributed by atoms with E-state index in [0.29, 0.717) is 32.8 Å². The number of hydrogen-bond acceptors (Lipinski definition) is 7. The van der Waals surface area contributed by atoms with Gasteiger partial charge in [0.2, 0.25) is 0 Å². The zero-order chi connectivity index (χ0) is 20.8. The van der Waals surface area contributed by atoms with Crippen LogP contribution in [-0.2, 0) is 11.0 Å². The van der Waals surface area contributed by atoms with E-state index in [-0.39, 0.29) is 0 Å². The number of nitriles is 1. The fraction of sp³-hybridized carbons (Fsp3) is 0.105. The van der Waals surface area contributed by atoms with Crippen molar-refractivity contribution in [1.82, 2.24) is 14.7 Å². The van der Waals surface area contributed by atoms with Crippen molar-refractivity contribution in [3.8, 4) is 6.07 Å². The highest BCUT2D eigenvalue weighted by Crippen LogP contribution is 2.30. The summed E-state index contributed by atoms with van der Waals surface area (Å²) < 4.78 is 14.8. The molecule has 0 amide bonds. The van der Waals surface area contributed by atoms with Crippen LogP contribution < -0.4 is 15.4 Å². The third-order valence-electron chi connectivity index (χ3n) is 3.86. The molecule has 0 saturated carbocycles. The second-order valence-corrected chi connectivity index (χ2v) is 8.35. The number of rotatable bonds is 7. The topological polar surface area (TPSA) is 103 Å². The Labute approximate surface area is 180 Å². The first-order valence-corrected chi connectivity index (χ1v) is 11.1. The van der Waals surface area contributed by atoms with Crippen LogP contribution >= 0.6 is 23.4 Å². The van der Waals surface area contributed by atoms with Gasteiger partial charge in [-0.1, -0.05) is 11.6 Å². The Morgan fingerprint density at radius 3 is 2.52 bits per heavy atom. The number of aromatic nitrogens is 2. The van der Waals surface area contributed by atoms with Crippen molar-refractivity contribution in [3.63, 3.8) is 0 Å². The lowest BCUT2D eigenvalue weighted by atomic mass is 10.2. The van der Waals surface area contributed by atoms with E-state index in [1.165, 1.54) is 6.33 Å². The van der Waals surface area contributed by atoms with Gasteiger partial charge in [-0.2, -0.15) is 5.26 Å². The normalized spacial score (nSPS) is 11.5. The van der Waals surface area contributed by atoms with Crippen LogP contribution in [0.1, 0.15) is 5.56 Å². The molecule has 7 nitrogen and oxygen atoms in total. The quantitative estimate of drug-likeness (QED) is 0.462. The van der Waals surface area contributed by atoms with E-state index < -0.39 is 11.0 Å². The highest BCUT2D eigenvalue weighted by Gasteiger charge is 2.09. The van der Waals surface area contributed by atoms with E-state index in [1.54, 1.807) is 43.1 Å². The van der Waals surface area contributed by atoms with Gasteiger partial charge in [0, 0.05) is 16.6 Å². The van der Waals surface area contributed by atoms with Gasteiger partial charge in [0.05, 0.1) is 21.2 Å². The second kappa shape index (κ2) is 9.71. The summed E-state index contributed by atoms with van der Waals surface area (Å²) in [6, 6.07) is 14.4. The molecule has 29 heavy (non-hydrogen) atoms. The number of anilines is 4. The Kier molecular flexibility index (Phi) is 7.06. The lowest BCUT2D eigenvalue weighted by Crippen LogP contribution is -2.10. The van der Waals surface area contributed by atoms with Gasteiger partial charge in [0.15, 0.2) is 0 Å². The van der Waals surface area contributed by atoms with E-state index in [1.807, 2.05) is 30.5 Å². The fourth-order valence-corrected chi connectivity index (χ4v) is 3.89. The van der Waals surface area contributed by atoms with Gasteiger partial charge in [-0.3, -0.25) is 0 Å². The SMILES string of the molecule is CNS(=O)c1ccc(SC)c(Nc2cc(Nc3ccc(C#N)c(Cl)c3)ncn2)c1. The van der Waals surface area contributed by atoms with E-state index >= 15 is 0 Å². The zero-order valence-electron chi connectivity index (χ0n) is 15.6. The molecule has 1 aromatic heterocycles. The minimum atomic E-state index is -1.28. The molecule has 2 aromatic carbocycles. The minimum Gasteiger partial charge on any atom is -0.340 e. The van der Waals surface area contributed by atoms with E-state index in [2.05, 4.69) is 25.3 Å². The Morgan fingerprint density at radius 2 is 1.86 bits per heavy atom. The molecule has 0 fully saturated rings. The van der Waals surface area contributed by atoms with E-state index in [9.17, 15) is 4.21 Å². The maximum Gasteiger partial charge on any atom is 0.135 e. The molecule has 3 N–H and O–H groups in total. The number of nitrogens with one attached hydrogen (secondary N) is 3. The minimum absolute atomic E-state index is 0.365. The summed E-state index contributed by atoms with van der Waals surface area (Å²) in [7, 11) is 0.358. The van der Waals surface area contributed by atoms with Crippen LogP contribution in [0.4, 0.5) is 23.0 Å². The Hall–Kier alpha value is -2.64. The molecule has 1 atom stereocenters. The molecule has 1 unspecified atom stereocenters. The van der Waals surface area contributed by atoms with Crippen LogP contribution in [0.15, 0.2) is 58.6 Å². The smallest absolute Gasteiger partial charge is 0.135 e. The van der Waals surface area contributed by atoms with Crippen molar-refractivity contribution in [2.24, 2.45) is 0 Å². The van der Waals surface area contributed by atoms with Gasteiger partial charge in [-0.05, 0) is 49.7 Å². The Morgan fingerprint density at radius 1 is 1.10 bits per heavy atom. The summed E-state index contributed by atoms with van der Waals surface area (Å²) in [5.41, 5.74) is 1.91. The standard InChI is InChI=1S/C19H17ClN6OS2/c1-22-29(27)14-5-6-17(28-2)16(8-14)26-19-9-18(23-11-24-19)25-13-4-3-12(10-21)15(20)7-13/h3-9,11,22H,1-2H3,(H2,23,24,25,26). The van der Waals surface area contributed by atoms with Crippen molar-refractivity contribution in [2.45, 2.75) is 9.79 Å². The van der Waals surface area contributed by atoms with Crippen LogP contribution in [0, 0.1) is 11.3 Å². The molecule has 3 aromatic rings. The predicted molar refractivity (Wildman–Crippen MR) is 118 cm³/mol. The molecule has 3 rings (SSSR count). The van der Waals surface area contributed by atoms with Crippen LogP contribution in [0.2, 0.25) is 5.02 Å². The molecular weight excluding hydrogens is 428 g/mol. The van der Waals surface area contributed by atoms with Crippen LogP contribution in [0.3, 0.4) is 0 Å². The van der Waals surface area contributed by atoms with Gasteiger partial charge < -0.3 is 10.6 Å². The molecular formula is C19H17ClN6OS2. The molecule has 0 saturated heterocycles. The first-order chi connectivity index (χ1) is 14.0. The second-order valence-electron chi connectivity index (χ2n) is 5.68. The molecule has 0 spiro atoms. The molecule has 0 radical (unpaired) electrons. The third kappa shape index (κ3) is 5.25. The number of benzene rings is 2. The van der Waals surface area contributed by atoms with E-state index in [4.69, 9.17) is 16.9 Å². The number of halogens is 1. The Balaban J connectivity index is 1.84. The van der Waals surface area contributed by atoms with E-state index in [0.717, 1.165) is 10.6 Å². The maximum absolute atomic E-state index is 12.0. The molecule has 0 aliphatic heterocycles. The predicted octanol–water partition coefficient (Wildman–Crippen LogP) is 4.45. The third-order valence-corrected chi connectivity index (χ3v) is 6.02. The summed E-state index contributed by atoms with van der Waals surface area (Å²) in [4.78, 5) is 10.1. The van der Waals surface area contributed by atoms with Crippen molar-refractivity contribution >= 4 is 57.4 Å². The monoisotopic (exact) mass is 444 g/mol. The Bertz CT molecular complexity index is 1100. The zero-order valence-corrected chi connectivity index (χ0v) is 18.0. The number of thioether (sulfide) groups is 1. The van der Waals surface area contributed by atoms with Crippen LogP contribution in [0.5, 0.6) is 0 Å². The van der Waals surface area contributed by atoms with Crippen molar-refractivity contribution in [3.05, 3.63) is 59.4 Å². The van der Waals surface area contributed by atoms with Gasteiger partial charge in [0.25, 0.3) is 0 Å². The fourth-order valence-electron chi connectivity index (χ4n) is 2.48. The number of nitrogens with zero attached hydrogens (tertiary/aromatic N) is 3. The van der Waals surface area contributed by atoms with Gasteiger partial charge >= 0.3 is 0 Å². The molecule has 0 aliphatic carbocycles. The molecule has 1 heterocycles. The van der Waals surface area contributed by atoms with Gasteiger partial charge in [0.1, 0.15) is 35.0 Å². The lowest BCUT2D eigenvalue weighted by Gasteiger charge is -2.13. The van der Waals surface area contributed by atoms with Crippen molar-refractivity contribution in [2.75, 3.05) is 23.9 Å². The molecule has 0 aliphatic rings.